The van der Waals surface area contributed by atoms with Gasteiger partial charge in [0.25, 0.3) is 0 Å². The molecule has 0 aliphatic heterocycles. The Morgan fingerprint density at radius 2 is 1.77 bits per heavy atom. The van der Waals surface area contributed by atoms with Crippen molar-refractivity contribution < 1.29 is 26.7 Å². The molecular weight excluding hydrogens is 566 g/mol. The Morgan fingerprint density at radius 1 is 1.05 bits per heavy atom. The van der Waals surface area contributed by atoms with Crippen molar-refractivity contribution in [1.29, 1.82) is 0 Å². The lowest BCUT2D eigenvalue weighted by molar-refractivity contribution is 0.227. The minimum Gasteiger partial charge on any atom is -0.495 e. The van der Waals surface area contributed by atoms with E-state index in [1.165, 1.54) is 31.5 Å². The summed E-state index contributed by atoms with van der Waals surface area (Å²) in [6, 6.07) is 10.9. The maximum atomic E-state index is 12.8. The predicted molar refractivity (Wildman–Crippen MR) is 152 cm³/mol. The van der Waals surface area contributed by atoms with Crippen LogP contribution in [-0.4, -0.2) is 81.7 Å². The van der Waals surface area contributed by atoms with Crippen LogP contribution >= 0.6 is 11.6 Å². The van der Waals surface area contributed by atoms with Crippen LogP contribution in [-0.2, 0) is 19.7 Å². The van der Waals surface area contributed by atoms with E-state index in [1.807, 2.05) is 0 Å². The molecule has 0 aliphatic carbocycles. The molecule has 3 N–H and O–H groups in total. The van der Waals surface area contributed by atoms with Gasteiger partial charge in [0.1, 0.15) is 10.8 Å². The van der Waals surface area contributed by atoms with Gasteiger partial charge in [0.15, 0.2) is 25.5 Å². The minimum atomic E-state index is -3.60. The number of nitrogens with one attached hydrogen (secondary N) is 2. The summed E-state index contributed by atoms with van der Waals surface area (Å²) >= 11 is 6.31. The van der Waals surface area contributed by atoms with E-state index in [9.17, 15) is 16.8 Å². The van der Waals surface area contributed by atoms with E-state index in [0.717, 1.165) is 0 Å². The van der Waals surface area contributed by atoms with Crippen LogP contribution in [0.4, 0.5) is 23.1 Å². The molecule has 0 unspecified atom stereocenters. The normalized spacial score (nSPS) is 12.1. The van der Waals surface area contributed by atoms with Gasteiger partial charge in [-0.2, -0.15) is 4.98 Å². The Labute approximate surface area is 234 Å². The van der Waals surface area contributed by atoms with Crippen LogP contribution in [0.15, 0.2) is 58.5 Å². The Morgan fingerprint density at radius 3 is 2.44 bits per heavy atom. The highest BCUT2D eigenvalue weighted by molar-refractivity contribution is 7.92. The molecule has 1 heterocycles. The molecular formula is C25H32ClN5O6S2. The summed E-state index contributed by atoms with van der Waals surface area (Å²) in [5.41, 5.74) is 0.722. The summed E-state index contributed by atoms with van der Waals surface area (Å²) < 4.78 is 56.7. The quantitative estimate of drug-likeness (QED) is 0.265. The summed E-state index contributed by atoms with van der Waals surface area (Å²) in [7, 11) is -4.04. The second kappa shape index (κ2) is 12.9. The zero-order valence-electron chi connectivity index (χ0n) is 22.0. The number of methoxy groups -OCH3 is 1. The first kappa shape index (κ1) is 30.6. The molecule has 212 valence electrons. The molecule has 0 radical (unpaired) electrons. The number of aliphatic hydroxyl groups excluding tert-OH is 1. The van der Waals surface area contributed by atoms with Crippen molar-refractivity contribution in [2.24, 2.45) is 0 Å². The van der Waals surface area contributed by atoms with E-state index in [4.69, 9.17) is 21.4 Å². The number of halogens is 1. The summed E-state index contributed by atoms with van der Waals surface area (Å²) in [5, 5.41) is 14.5. The number of nitrogens with zero attached hydrogens (tertiary/aromatic N) is 3. The van der Waals surface area contributed by atoms with Crippen LogP contribution in [0.5, 0.6) is 5.75 Å². The fraction of sp³-hybridized carbons (Fsp3) is 0.360. The molecule has 11 nitrogen and oxygen atoms in total. The first-order valence-corrected chi connectivity index (χ1v) is 15.6. The van der Waals surface area contributed by atoms with Crippen molar-refractivity contribution in [2.75, 3.05) is 50.2 Å². The SMILES string of the molecule is COc1cc(S(=O)(=O)CCN(C)CCO)ccc1Nc1ncc(Cl)c(Nc2ccccc2S(=O)(=O)C(C)C)n1. The van der Waals surface area contributed by atoms with E-state index < -0.39 is 24.9 Å². The monoisotopic (exact) mass is 597 g/mol. The van der Waals surface area contributed by atoms with Gasteiger partial charge in [0.2, 0.25) is 5.95 Å². The average Bonchev–Trinajstić information content (AvgIpc) is 2.90. The Kier molecular flexibility index (Phi) is 10.1. The van der Waals surface area contributed by atoms with Gasteiger partial charge in [-0.15, -0.1) is 0 Å². The topological polar surface area (TPSA) is 151 Å². The highest BCUT2D eigenvalue weighted by Gasteiger charge is 2.23. The highest BCUT2D eigenvalue weighted by Crippen LogP contribution is 2.33. The van der Waals surface area contributed by atoms with Gasteiger partial charge in [-0.3, -0.25) is 0 Å². The van der Waals surface area contributed by atoms with Gasteiger partial charge in [0.05, 0.1) is 52.1 Å². The Balaban J connectivity index is 1.86. The van der Waals surface area contributed by atoms with Gasteiger partial charge < -0.3 is 25.4 Å². The van der Waals surface area contributed by atoms with E-state index in [1.54, 1.807) is 50.1 Å². The molecule has 14 heteroatoms. The van der Waals surface area contributed by atoms with Gasteiger partial charge in [0, 0.05) is 19.2 Å². The number of likely N-dealkylation sites (N-methyl/N-ethyl adjacent to an activating group) is 1. The molecule has 0 atom stereocenters. The van der Waals surface area contributed by atoms with Gasteiger partial charge >= 0.3 is 0 Å². The molecule has 0 saturated heterocycles. The summed E-state index contributed by atoms with van der Waals surface area (Å²) in [6.45, 7) is 3.79. The van der Waals surface area contributed by atoms with Crippen LogP contribution < -0.4 is 15.4 Å². The lowest BCUT2D eigenvalue weighted by Crippen LogP contribution is -2.28. The number of rotatable bonds is 13. The Hall–Kier alpha value is -2.97. The lowest BCUT2D eigenvalue weighted by Gasteiger charge is -2.16. The molecule has 0 aliphatic rings. The number of aliphatic hydroxyl groups is 1. The number of anilines is 4. The number of para-hydroxylation sites is 1. The average molecular weight is 598 g/mol. The van der Waals surface area contributed by atoms with Gasteiger partial charge in [-0.25, -0.2) is 21.8 Å². The molecule has 0 spiro atoms. The summed E-state index contributed by atoms with van der Waals surface area (Å²) in [6.07, 6.45) is 1.35. The van der Waals surface area contributed by atoms with Crippen LogP contribution in [0.1, 0.15) is 13.8 Å². The third-order valence-electron chi connectivity index (χ3n) is 5.81. The molecule has 0 amide bonds. The van der Waals surface area contributed by atoms with Crippen molar-refractivity contribution in [3.05, 3.63) is 53.7 Å². The van der Waals surface area contributed by atoms with Crippen molar-refractivity contribution >= 4 is 54.4 Å². The van der Waals surface area contributed by atoms with E-state index in [2.05, 4.69) is 20.6 Å². The van der Waals surface area contributed by atoms with Crippen molar-refractivity contribution in [3.63, 3.8) is 0 Å². The van der Waals surface area contributed by atoms with Crippen LogP contribution in [0.25, 0.3) is 0 Å². The second-order valence-corrected chi connectivity index (χ2v) is 13.9. The lowest BCUT2D eigenvalue weighted by atomic mass is 10.3. The zero-order chi connectivity index (χ0) is 28.8. The van der Waals surface area contributed by atoms with Crippen molar-refractivity contribution in [3.8, 4) is 5.75 Å². The molecule has 3 rings (SSSR count). The second-order valence-electron chi connectivity index (χ2n) is 8.94. The van der Waals surface area contributed by atoms with Crippen molar-refractivity contribution in [1.82, 2.24) is 14.9 Å². The number of hydrogen-bond acceptors (Lipinski definition) is 11. The smallest absolute Gasteiger partial charge is 0.229 e. The first-order valence-electron chi connectivity index (χ1n) is 12.0. The number of sulfone groups is 2. The van der Waals surface area contributed by atoms with Crippen LogP contribution in [0.2, 0.25) is 5.02 Å². The Bertz CT molecular complexity index is 1520. The first-order chi connectivity index (χ1) is 18.4. The number of benzene rings is 2. The fourth-order valence-corrected chi connectivity index (χ4v) is 6.17. The third-order valence-corrected chi connectivity index (χ3v) is 9.99. The fourth-order valence-electron chi connectivity index (χ4n) is 3.48. The van der Waals surface area contributed by atoms with E-state index in [-0.39, 0.29) is 51.2 Å². The summed E-state index contributed by atoms with van der Waals surface area (Å²) in [5.74, 6) is 0.417. The number of hydrogen-bond donors (Lipinski definition) is 3. The molecule has 0 fully saturated rings. The molecule has 39 heavy (non-hydrogen) atoms. The molecule has 0 bridgehead atoms. The maximum absolute atomic E-state index is 12.8. The number of aromatic nitrogens is 2. The van der Waals surface area contributed by atoms with E-state index >= 15 is 0 Å². The largest absolute Gasteiger partial charge is 0.495 e. The van der Waals surface area contributed by atoms with Crippen molar-refractivity contribution in [2.45, 2.75) is 28.9 Å². The predicted octanol–water partition coefficient (Wildman–Crippen LogP) is 3.51. The highest BCUT2D eigenvalue weighted by atomic mass is 35.5. The molecule has 1 aromatic heterocycles. The maximum Gasteiger partial charge on any atom is 0.229 e. The number of ether oxygens (including phenoxy) is 1. The molecule has 3 aromatic rings. The van der Waals surface area contributed by atoms with Crippen LogP contribution in [0, 0.1) is 0 Å². The van der Waals surface area contributed by atoms with Gasteiger partial charge in [-0.05, 0) is 45.2 Å². The molecule has 2 aromatic carbocycles. The van der Waals surface area contributed by atoms with Crippen LogP contribution in [0.3, 0.4) is 0 Å². The molecule has 0 saturated carbocycles. The standard InChI is InChI=1S/C25H32ClN5O6S2/c1-17(2)39(35,36)23-8-6-5-7-21(23)28-24-19(26)16-27-25(30-24)29-20-10-9-18(15-22(20)37-4)38(33,34)14-12-31(3)11-13-32/h5-10,15-17,32H,11-14H2,1-4H3,(H2,27,28,29,30). The summed E-state index contributed by atoms with van der Waals surface area (Å²) in [4.78, 5) is 10.5. The van der Waals surface area contributed by atoms with E-state index in [0.29, 0.717) is 17.9 Å². The zero-order valence-corrected chi connectivity index (χ0v) is 24.4. The minimum absolute atomic E-state index is 0.0572. The third kappa shape index (κ3) is 7.57. The van der Waals surface area contributed by atoms with Gasteiger partial charge in [-0.1, -0.05) is 23.7 Å².